The van der Waals surface area contributed by atoms with Crippen LogP contribution in [0.4, 0.5) is 4.39 Å². The van der Waals surface area contributed by atoms with E-state index < -0.39 is 10.0 Å². The molecule has 1 heterocycles. The molecule has 1 aliphatic carbocycles. The Kier molecular flexibility index (Phi) is 6.30. The number of nitrogens with zero attached hydrogens (tertiary/aromatic N) is 1. The van der Waals surface area contributed by atoms with Crippen LogP contribution < -0.4 is 10.0 Å². The molecule has 4 rings (SSSR count). The third kappa shape index (κ3) is 4.99. The van der Waals surface area contributed by atoms with Gasteiger partial charge in [0.1, 0.15) is 11.6 Å². The molecule has 9 heteroatoms. The van der Waals surface area contributed by atoms with Crippen molar-refractivity contribution < 1.29 is 17.6 Å². The van der Waals surface area contributed by atoms with Gasteiger partial charge in [0.25, 0.3) is 0 Å². The minimum Gasteiger partial charge on any atom is -0.349 e. The quantitative estimate of drug-likeness (QED) is 0.524. The van der Waals surface area contributed by atoms with E-state index in [2.05, 4.69) is 20.0 Å². The number of nitrogens with one attached hydrogen (secondary N) is 3. The summed E-state index contributed by atoms with van der Waals surface area (Å²) in [6.07, 6.45) is 2.39. The summed E-state index contributed by atoms with van der Waals surface area (Å²) in [4.78, 5) is 20.2. The first-order valence-electron chi connectivity index (χ1n) is 10.8. The predicted octanol–water partition coefficient (Wildman–Crippen LogP) is 3.72. The summed E-state index contributed by atoms with van der Waals surface area (Å²) in [5, 5.41) is 2.98. The summed E-state index contributed by atoms with van der Waals surface area (Å²) in [7, 11) is -3.67. The fourth-order valence-corrected chi connectivity index (χ4v) is 5.53. The number of hydrogen-bond acceptors (Lipinski definition) is 4. The van der Waals surface area contributed by atoms with Gasteiger partial charge in [0, 0.05) is 12.0 Å². The summed E-state index contributed by atoms with van der Waals surface area (Å²) >= 11 is 0. The lowest BCUT2D eigenvalue weighted by Gasteiger charge is -2.29. The van der Waals surface area contributed by atoms with Crippen LogP contribution in [0.3, 0.4) is 0 Å². The average molecular weight is 459 g/mol. The maximum Gasteiger partial charge on any atom is 0.240 e. The summed E-state index contributed by atoms with van der Waals surface area (Å²) in [5.41, 5.74) is 2.24. The SMILES string of the molecule is Cc1nc2cc(S(=O)(=O)N[C@H]3CC[C@H](C(=O)N[C@H](C)c4ccc(F)cc4)CC3)ccc2[nH]1. The van der Waals surface area contributed by atoms with Gasteiger partial charge < -0.3 is 10.3 Å². The summed E-state index contributed by atoms with van der Waals surface area (Å²) < 4.78 is 41.6. The van der Waals surface area contributed by atoms with Crippen LogP contribution in [0.1, 0.15) is 50.0 Å². The Balaban J connectivity index is 1.32. The van der Waals surface area contributed by atoms with Crippen LogP contribution in [0.5, 0.6) is 0 Å². The van der Waals surface area contributed by atoms with Gasteiger partial charge in [-0.25, -0.2) is 22.5 Å². The summed E-state index contributed by atoms with van der Waals surface area (Å²) in [6, 6.07) is 10.5. The fraction of sp³-hybridized carbons (Fsp3) is 0.391. The smallest absolute Gasteiger partial charge is 0.240 e. The highest BCUT2D eigenvalue weighted by atomic mass is 32.2. The highest BCUT2D eigenvalue weighted by Crippen LogP contribution is 2.27. The Morgan fingerprint density at radius 1 is 1.12 bits per heavy atom. The maximum absolute atomic E-state index is 13.1. The highest BCUT2D eigenvalue weighted by Gasteiger charge is 2.30. The number of halogens is 1. The van der Waals surface area contributed by atoms with Crippen molar-refractivity contribution in [3.05, 3.63) is 59.7 Å². The molecule has 3 N–H and O–H groups in total. The second kappa shape index (κ2) is 8.99. The van der Waals surface area contributed by atoms with Crippen molar-refractivity contribution in [2.24, 2.45) is 5.92 Å². The molecule has 32 heavy (non-hydrogen) atoms. The number of carbonyl (C=O) groups excluding carboxylic acids is 1. The largest absolute Gasteiger partial charge is 0.349 e. The Labute approximate surface area is 186 Å². The third-order valence-electron chi connectivity index (χ3n) is 6.03. The second-order valence-corrected chi connectivity index (χ2v) is 10.2. The van der Waals surface area contributed by atoms with Gasteiger partial charge in [0.2, 0.25) is 15.9 Å². The zero-order valence-corrected chi connectivity index (χ0v) is 18.9. The Morgan fingerprint density at radius 3 is 2.50 bits per heavy atom. The number of benzene rings is 2. The zero-order chi connectivity index (χ0) is 22.9. The lowest BCUT2D eigenvalue weighted by atomic mass is 9.85. The number of aryl methyl sites for hydroxylation is 1. The lowest BCUT2D eigenvalue weighted by Crippen LogP contribution is -2.41. The van der Waals surface area contributed by atoms with Crippen LogP contribution in [-0.4, -0.2) is 30.3 Å². The van der Waals surface area contributed by atoms with Crippen LogP contribution in [0.2, 0.25) is 0 Å². The van der Waals surface area contributed by atoms with E-state index in [0.29, 0.717) is 31.2 Å². The predicted molar refractivity (Wildman–Crippen MR) is 120 cm³/mol. The van der Waals surface area contributed by atoms with Crippen LogP contribution in [0.25, 0.3) is 11.0 Å². The topological polar surface area (TPSA) is 104 Å². The number of carbonyl (C=O) groups is 1. The molecule has 1 fully saturated rings. The molecular weight excluding hydrogens is 431 g/mol. The number of aromatic amines is 1. The zero-order valence-electron chi connectivity index (χ0n) is 18.1. The van der Waals surface area contributed by atoms with Crippen molar-refractivity contribution in [1.29, 1.82) is 0 Å². The van der Waals surface area contributed by atoms with Crippen molar-refractivity contribution >= 4 is 27.0 Å². The molecule has 1 amide bonds. The molecule has 0 aliphatic heterocycles. The monoisotopic (exact) mass is 458 g/mol. The number of imidazole rings is 1. The molecule has 0 unspecified atom stereocenters. The number of fused-ring (bicyclic) bond motifs is 1. The van der Waals surface area contributed by atoms with Crippen molar-refractivity contribution in [2.75, 3.05) is 0 Å². The molecule has 1 saturated carbocycles. The molecule has 1 atom stereocenters. The van der Waals surface area contributed by atoms with Gasteiger partial charge in [-0.15, -0.1) is 0 Å². The van der Waals surface area contributed by atoms with Crippen molar-refractivity contribution in [3.63, 3.8) is 0 Å². The Bertz CT molecular complexity index is 1220. The van der Waals surface area contributed by atoms with E-state index in [9.17, 15) is 17.6 Å². The van der Waals surface area contributed by atoms with Crippen molar-refractivity contribution in [2.45, 2.75) is 56.5 Å². The number of amides is 1. The molecule has 0 spiro atoms. The molecule has 0 saturated heterocycles. The molecule has 0 radical (unpaired) electrons. The van der Waals surface area contributed by atoms with Crippen LogP contribution in [-0.2, 0) is 14.8 Å². The van der Waals surface area contributed by atoms with Crippen molar-refractivity contribution in [1.82, 2.24) is 20.0 Å². The standard InChI is InChI=1S/C23H27FN4O3S/c1-14(16-3-7-18(24)8-4-16)25-23(29)17-5-9-19(10-6-17)28-32(30,31)20-11-12-21-22(13-20)27-15(2)26-21/h3-4,7-8,11-14,17,19,28H,5-6,9-10H2,1-2H3,(H,25,29)(H,26,27)/t14-,17-,19-/m1/s1. The van der Waals surface area contributed by atoms with E-state index in [-0.39, 0.29) is 34.6 Å². The van der Waals surface area contributed by atoms with Crippen LogP contribution in [0, 0.1) is 18.7 Å². The van der Waals surface area contributed by atoms with Gasteiger partial charge >= 0.3 is 0 Å². The number of aromatic nitrogens is 2. The van der Waals surface area contributed by atoms with Gasteiger partial charge in [-0.05, 0) is 75.4 Å². The fourth-order valence-electron chi connectivity index (χ4n) is 4.21. The number of rotatable bonds is 6. The average Bonchev–Trinajstić information content (AvgIpc) is 3.13. The maximum atomic E-state index is 13.1. The second-order valence-electron chi connectivity index (χ2n) is 8.45. The van der Waals surface area contributed by atoms with Gasteiger partial charge in [0.15, 0.2) is 0 Å². The summed E-state index contributed by atoms with van der Waals surface area (Å²) in [6.45, 7) is 3.68. The van der Waals surface area contributed by atoms with E-state index in [1.54, 1.807) is 30.3 Å². The molecule has 1 aromatic heterocycles. The van der Waals surface area contributed by atoms with Gasteiger partial charge in [-0.2, -0.15) is 0 Å². The molecular formula is C23H27FN4O3S. The van der Waals surface area contributed by atoms with E-state index in [0.717, 1.165) is 16.9 Å². The molecule has 2 aromatic carbocycles. The van der Waals surface area contributed by atoms with Crippen molar-refractivity contribution in [3.8, 4) is 0 Å². The number of H-pyrrole nitrogens is 1. The first kappa shape index (κ1) is 22.4. The van der Waals surface area contributed by atoms with E-state index in [4.69, 9.17) is 0 Å². The van der Waals surface area contributed by atoms with Gasteiger partial charge in [0.05, 0.1) is 22.0 Å². The van der Waals surface area contributed by atoms with Gasteiger partial charge in [-0.3, -0.25) is 4.79 Å². The number of sulfonamides is 1. The van der Waals surface area contributed by atoms with Gasteiger partial charge in [-0.1, -0.05) is 12.1 Å². The van der Waals surface area contributed by atoms with Crippen LogP contribution >= 0.6 is 0 Å². The molecule has 7 nitrogen and oxygen atoms in total. The van der Waals surface area contributed by atoms with Crippen LogP contribution in [0.15, 0.2) is 47.4 Å². The van der Waals surface area contributed by atoms with E-state index >= 15 is 0 Å². The minimum absolute atomic E-state index is 0.0533. The third-order valence-corrected chi connectivity index (χ3v) is 7.55. The van der Waals surface area contributed by atoms with E-state index in [1.807, 2.05) is 13.8 Å². The normalized spacial score (nSPS) is 20.2. The first-order valence-corrected chi connectivity index (χ1v) is 12.2. The molecule has 170 valence electrons. The summed E-state index contributed by atoms with van der Waals surface area (Å²) in [5.74, 6) is 0.199. The molecule has 3 aromatic rings. The highest BCUT2D eigenvalue weighted by molar-refractivity contribution is 7.89. The first-order chi connectivity index (χ1) is 15.2. The molecule has 1 aliphatic rings. The number of hydrogen-bond donors (Lipinski definition) is 3. The molecule has 0 bridgehead atoms. The minimum atomic E-state index is -3.67. The Hall–Kier alpha value is -2.78. The Morgan fingerprint density at radius 2 is 1.81 bits per heavy atom. The van der Waals surface area contributed by atoms with E-state index in [1.165, 1.54) is 12.1 Å². The lowest BCUT2D eigenvalue weighted by molar-refractivity contribution is -0.126.